The van der Waals surface area contributed by atoms with E-state index in [9.17, 15) is 4.79 Å². The fourth-order valence-electron chi connectivity index (χ4n) is 1.31. The molecule has 0 spiro atoms. The van der Waals surface area contributed by atoms with Crippen LogP contribution in [0.5, 0.6) is 5.75 Å². The monoisotopic (exact) mass is 163 g/mol. The van der Waals surface area contributed by atoms with Crippen molar-refractivity contribution in [2.75, 3.05) is 6.61 Å². The van der Waals surface area contributed by atoms with Crippen molar-refractivity contribution in [3.8, 4) is 5.75 Å². The zero-order chi connectivity index (χ0) is 8.39. The smallest absolute Gasteiger partial charge is 0.168 e. The number of aldehydes is 1. The van der Waals surface area contributed by atoms with Crippen molar-refractivity contribution < 1.29 is 9.53 Å². The van der Waals surface area contributed by atoms with E-state index < -0.39 is 0 Å². The van der Waals surface area contributed by atoms with Gasteiger partial charge in [-0.15, -0.1) is 0 Å². The summed E-state index contributed by atoms with van der Waals surface area (Å²) in [4.78, 5) is 14.3. The molecule has 0 aromatic carbocycles. The summed E-state index contributed by atoms with van der Waals surface area (Å²) in [6.07, 6.45) is 4.49. The number of carbonyl (C=O) groups is 1. The lowest BCUT2D eigenvalue weighted by Gasteiger charge is -2.16. The van der Waals surface area contributed by atoms with Gasteiger partial charge in [0.15, 0.2) is 6.29 Å². The molecule has 0 atom stereocenters. The standard InChI is InChI=1S/C9H9NO2/c11-6-8-4-9-7(5-10-8)2-1-3-12-9/h4-6H,1-3H2. The Balaban J connectivity index is 2.42. The third-order valence-electron chi connectivity index (χ3n) is 1.93. The Morgan fingerprint density at radius 3 is 3.33 bits per heavy atom. The highest BCUT2D eigenvalue weighted by Crippen LogP contribution is 2.23. The SMILES string of the molecule is O=Cc1cc2c(cn1)CCCO2. The van der Waals surface area contributed by atoms with Crippen molar-refractivity contribution in [2.24, 2.45) is 0 Å². The molecule has 0 bridgehead atoms. The quantitative estimate of drug-likeness (QED) is 0.584. The number of aryl methyl sites for hydroxylation is 1. The first-order chi connectivity index (χ1) is 5.90. The van der Waals surface area contributed by atoms with Crippen molar-refractivity contribution in [3.05, 3.63) is 23.5 Å². The van der Waals surface area contributed by atoms with E-state index in [-0.39, 0.29) is 0 Å². The van der Waals surface area contributed by atoms with E-state index in [2.05, 4.69) is 4.98 Å². The number of pyridine rings is 1. The van der Waals surface area contributed by atoms with Gasteiger partial charge in [-0.2, -0.15) is 0 Å². The van der Waals surface area contributed by atoms with Crippen LogP contribution in [0, 0.1) is 0 Å². The van der Waals surface area contributed by atoms with Crippen LogP contribution in [0.3, 0.4) is 0 Å². The van der Waals surface area contributed by atoms with Crippen LogP contribution in [0.4, 0.5) is 0 Å². The Morgan fingerprint density at radius 2 is 2.50 bits per heavy atom. The summed E-state index contributed by atoms with van der Waals surface area (Å²) in [5, 5.41) is 0. The fourth-order valence-corrected chi connectivity index (χ4v) is 1.31. The number of rotatable bonds is 1. The topological polar surface area (TPSA) is 39.2 Å². The zero-order valence-electron chi connectivity index (χ0n) is 6.62. The average Bonchev–Trinajstić information content (AvgIpc) is 2.17. The molecule has 0 amide bonds. The Bertz CT molecular complexity index is 309. The number of hydrogen-bond acceptors (Lipinski definition) is 3. The first kappa shape index (κ1) is 7.28. The van der Waals surface area contributed by atoms with Crippen molar-refractivity contribution in [1.29, 1.82) is 0 Å². The van der Waals surface area contributed by atoms with Gasteiger partial charge in [0, 0.05) is 17.8 Å². The molecule has 3 nitrogen and oxygen atoms in total. The number of fused-ring (bicyclic) bond motifs is 1. The van der Waals surface area contributed by atoms with Gasteiger partial charge < -0.3 is 4.74 Å². The molecule has 2 rings (SSSR count). The predicted molar refractivity (Wildman–Crippen MR) is 43.4 cm³/mol. The third-order valence-corrected chi connectivity index (χ3v) is 1.93. The second-order valence-electron chi connectivity index (χ2n) is 2.79. The molecule has 1 aromatic rings. The molecule has 62 valence electrons. The second-order valence-corrected chi connectivity index (χ2v) is 2.79. The summed E-state index contributed by atoms with van der Waals surface area (Å²) >= 11 is 0. The van der Waals surface area contributed by atoms with Crippen molar-refractivity contribution in [2.45, 2.75) is 12.8 Å². The number of hydrogen-bond donors (Lipinski definition) is 0. The lowest BCUT2D eigenvalue weighted by molar-refractivity contribution is 0.111. The maximum absolute atomic E-state index is 10.4. The zero-order valence-corrected chi connectivity index (χ0v) is 6.62. The molecule has 0 saturated heterocycles. The summed E-state index contributed by atoms with van der Waals surface area (Å²) < 4.78 is 5.37. The molecule has 0 aliphatic carbocycles. The van der Waals surface area contributed by atoms with Crippen LogP contribution in [-0.4, -0.2) is 17.9 Å². The van der Waals surface area contributed by atoms with Crippen LogP contribution in [0.25, 0.3) is 0 Å². The highest BCUT2D eigenvalue weighted by Gasteiger charge is 2.10. The lowest BCUT2D eigenvalue weighted by atomic mass is 10.1. The maximum Gasteiger partial charge on any atom is 0.168 e. The molecule has 3 heteroatoms. The van der Waals surface area contributed by atoms with Gasteiger partial charge in [-0.3, -0.25) is 9.78 Å². The van der Waals surface area contributed by atoms with Crippen LogP contribution in [0.15, 0.2) is 12.3 Å². The number of carbonyl (C=O) groups excluding carboxylic acids is 1. The van der Waals surface area contributed by atoms with Gasteiger partial charge in [-0.1, -0.05) is 0 Å². The van der Waals surface area contributed by atoms with E-state index in [1.54, 1.807) is 12.3 Å². The molecule has 0 N–H and O–H groups in total. The molecular formula is C9H9NO2. The maximum atomic E-state index is 10.4. The van der Waals surface area contributed by atoms with E-state index in [1.807, 2.05) is 0 Å². The molecule has 0 fully saturated rings. The molecule has 2 heterocycles. The predicted octanol–water partition coefficient (Wildman–Crippen LogP) is 1.22. The van der Waals surface area contributed by atoms with E-state index >= 15 is 0 Å². The van der Waals surface area contributed by atoms with Crippen LogP contribution in [-0.2, 0) is 6.42 Å². The largest absolute Gasteiger partial charge is 0.493 e. The molecule has 1 aliphatic rings. The summed E-state index contributed by atoms with van der Waals surface area (Å²) in [6, 6.07) is 1.70. The fraction of sp³-hybridized carbons (Fsp3) is 0.333. The second kappa shape index (κ2) is 2.93. The minimum absolute atomic E-state index is 0.440. The first-order valence-corrected chi connectivity index (χ1v) is 3.97. The van der Waals surface area contributed by atoms with E-state index in [4.69, 9.17) is 4.74 Å². The third kappa shape index (κ3) is 1.18. The Kier molecular flexibility index (Phi) is 1.78. The van der Waals surface area contributed by atoms with Crippen molar-refractivity contribution >= 4 is 6.29 Å². The summed E-state index contributed by atoms with van der Waals surface area (Å²) in [5.41, 5.74) is 1.54. The first-order valence-electron chi connectivity index (χ1n) is 3.97. The Morgan fingerprint density at radius 1 is 1.58 bits per heavy atom. The van der Waals surface area contributed by atoms with Crippen molar-refractivity contribution in [3.63, 3.8) is 0 Å². The number of nitrogens with zero attached hydrogens (tertiary/aromatic N) is 1. The number of ether oxygens (including phenoxy) is 1. The van der Waals surface area contributed by atoms with Crippen molar-refractivity contribution in [1.82, 2.24) is 4.98 Å². The highest BCUT2D eigenvalue weighted by molar-refractivity contribution is 5.72. The average molecular weight is 163 g/mol. The summed E-state index contributed by atoms with van der Waals surface area (Å²) in [5.74, 6) is 0.818. The molecule has 1 aliphatic heterocycles. The molecule has 0 saturated carbocycles. The van der Waals surface area contributed by atoms with E-state index in [0.717, 1.165) is 37.0 Å². The van der Waals surface area contributed by atoms with E-state index in [0.29, 0.717) is 5.69 Å². The molecule has 0 unspecified atom stereocenters. The molecule has 0 radical (unpaired) electrons. The normalized spacial score (nSPS) is 14.7. The van der Waals surface area contributed by atoms with Crippen LogP contribution in [0.2, 0.25) is 0 Å². The Labute approximate surface area is 70.4 Å². The lowest BCUT2D eigenvalue weighted by Crippen LogP contribution is -2.09. The van der Waals surface area contributed by atoms with Crippen LogP contribution in [0.1, 0.15) is 22.5 Å². The minimum atomic E-state index is 0.440. The minimum Gasteiger partial charge on any atom is -0.493 e. The molecule has 12 heavy (non-hydrogen) atoms. The van der Waals surface area contributed by atoms with Gasteiger partial charge in [0.1, 0.15) is 11.4 Å². The van der Waals surface area contributed by atoms with Gasteiger partial charge in [0.25, 0.3) is 0 Å². The summed E-state index contributed by atoms with van der Waals surface area (Å²) in [7, 11) is 0. The van der Waals surface area contributed by atoms with Gasteiger partial charge in [0.2, 0.25) is 0 Å². The van der Waals surface area contributed by atoms with E-state index in [1.165, 1.54) is 0 Å². The van der Waals surface area contributed by atoms with Gasteiger partial charge in [0.05, 0.1) is 6.61 Å². The number of aromatic nitrogens is 1. The molecule has 1 aromatic heterocycles. The summed E-state index contributed by atoms with van der Waals surface area (Å²) in [6.45, 7) is 0.745. The van der Waals surface area contributed by atoms with Gasteiger partial charge >= 0.3 is 0 Å². The van der Waals surface area contributed by atoms with Crippen LogP contribution < -0.4 is 4.74 Å². The van der Waals surface area contributed by atoms with Gasteiger partial charge in [-0.05, 0) is 12.8 Å². The Hall–Kier alpha value is -1.38. The van der Waals surface area contributed by atoms with Gasteiger partial charge in [-0.25, -0.2) is 0 Å². The highest BCUT2D eigenvalue weighted by atomic mass is 16.5. The van der Waals surface area contributed by atoms with Crippen LogP contribution >= 0.6 is 0 Å². The molecular weight excluding hydrogens is 154 g/mol.